The Balaban J connectivity index is 1.80. The van der Waals surface area contributed by atoms with Crippen LogP contribution in [0.25, 0.3) is 0 Å². The topological polar surface area (TPSA) is 98.8 Å². The molecule has 3 rings (SSSR count). The van der Waals surface area contributed by atoms with Gasteiger partial charge >= 0.3 is 5.97 Å². The molecule has 7 nitrogen and oxygen atoms in total. The number of carbonyl (C=O) groups is 1. The number of halogens is 1. The van der Waals surface area contributed by atoms with Crippen molar-refractivity contribution in [3.63, 3.8) is 0 Å². The Bertz CT molecular complexity index is 992. The van der Waals surface area contributed by atoms with Gasteiger partial charge in [-0.1, -0.05) is 18.2 Å². The molecule has 9 heteroatoms. The van der Waals surface area contributed by atoms with Crippen molar-refractivity contribution in [1.29, 1.82) is 0 Å². The van der Waals surface area contributed by atoms with Crippen LogP contribution in [0.5, 0.6) is 11.5 Å². The zero-order valence-corrected chi connectivity index (χ0v) is 17.3. The van der Waals surface area contributed by atoms with Gasteiger partial charge in [-0.15, -0.1) is 11.3 Å². The van der Waals surface area contributed by atoms with Crippen LogP contribution in [-0.4, -0.2) is 23.8 Å². The third-order valence-electron chi connectivity index (χ3n) is 3.43. The smallest absolute Gasteiger partial charge is 0.343 e. The molecule has 0 fully saturated rings. The van der Waals surface area contributed by atoms with Gasteiger partial charge in [0.25, 0.3) is 0 Å². The largest absolute Gasteiger partial charge is 0.490 e. The molecule has 0 amide bonds. The average Bonchev–Trinajstić information content (AvgIpc) is 3.10. The predicted octanol–water partition coefficient (Wildman–Crippen LogP) is 4.55. The maximum Gasteiger partial charge on any atom is 0.343 e. The van der Waals surface area contributed by atoms with Crippen LogP contribution >= 0.6 is 27.3 Å². The molecule has 0 atom stereocenters. The first kappa shape index (κ1) is 19.8. The van der Waals surface area contributed by atoms with Crippen LogP contribution in [0.15, 0.2) is 57.4 Å². The van der Waals surface area contributed by atoms with E-state index in [1.165, 1.54) is 11.3 Å². The molecule has 2 aromatic carbocycles. The van der Waals surface area contributed by atoms with Gasteiger partial charge < -0.3 is 15.2 Å². The quantitative estimate of drug-likeness (QED) is 0.232. The highest BCUT2D eigenvalue weighted by molar-refractivity contribution is 9.10. The number of hydrazone groups is 1. The molecular formula is C19H17BrN4O3S. The first-order valence-corrected chi connectivity index (χ1v) is 9.97. The lowest BCUT2D eigenvalue weighted by Gasteiger charge is -2.13. The van der Waals surface area contributed by atoms with Gasteiger partial charge in [-0.2, -0.15) is 5.10 Å². The number of anilines is 2. The van der Waals surface area contributed by atoms with Crippen molar-refractivity contribution in [3.8, 4) is 11.5 Å². The Morgan fingerprint density at radius 1 is 1.36 bits per heavy atom. The summed E-state index contributed by atoms with van der Waals surface area (Å²) in [4.78, 5) is 16.4. The average molecular weight is 461 g/mol. The van der Waals surface area contributed by atoms with Gasteiger partial charge in [0.1, 0.15) is 5.82 Å². The van der Waals surface area contributed by atoms with Crippen molar-refractivity contribution in [1.82, 2.24) is 4.98 Å². The highest BCUT2D eigenvalue weighted by Crippen LogP contribution is 2.37. The number of nitrogens with one attached hydrogen (secondary N) is 1. The summed E-state index contributed by atoms with van der Waals surface area (Å²) >= 11 is 4.80. The van der Waals surface area contributed by atoms with Crippen LogP contribution in [0.1, 0.15) is 22.8 Å². The molecule has 0 saturated carbocycles. The minimum atomic E-state index is -0.466. The molecule has 0 aliphatic carbocycles. The Hall–Kier alpha value is -2.91. The summed E-state index contributed by atoms with van der Waals surface area (Å²) in [5, 5.41) is 6.45. The van der Waals surface area contributed by atoms with E-state index in [1.807, 2.05) is 13.0 Å². The number of thiazole rings is 1. The molecule has 0 aliphatic rings. The van der Waals surface area contributed by atoms with E-state index < -0.39 is 5.97 Å². The minimum Gasteiger partial charge on any atom is -0.490 e. The fourth-order valence-corrected chi connectivity index (χ4v) is 3.34. The van der Waals surface area contributed by atoms with Gasteiger partial charge in [-0.25, -0.2) is 9.78 Å². The maximum atomic E-state index is 12.4. The molecule has 3 aromatic rings. The fraction of sp³-hybridized carbons (Fsp3) is 0.105. The van der Waals surface area contributed by atoms with E-state index in [2.05, 4.69) is 31.4 Å². The summed E-state index contributed by atoms with van der Waals surface area (Å²) in [5.41, 5.74) is 9.58. The summed E-state index contributed by atoms with van der Waals surface area (Å²) < 4.78 is 11.8. The second-order valence-electron chi connectivity index (χ2n) is 5.47. The van der Waals surface area contributed by atoms with Gasteiger partial charge in [0.05, 0.1) is 22.9 Å². The molecule has 0 spiro atoms. The first-order chi connectivity index (χ1) is 13.6. The number of rotatable bonds is 7. The van der Waals surface area contributed by atoms with Gasteiger partial charge in [0, 0.05) is 5.38 Å². The molecule has 0 unspecified atom stereocenters. The summed E-state index contributed by atoms with van der Waals surface area (Å²) in [6.07, 6.45) is 1.60. The van der Waals surface area contributed by atoms with Crippen LogP contribution in [0.4, 0.5) is 10.9 Å². The van der Waals surface area contributed by atoms with Crippen LogP contribution in [-0.2, 0) is 0 Å². The van der Waals surface area contributed by atoms with Crippen LogP contribution < -0.4 is 20.6 Å². The molecule has 28 heavy (non-hydrogen) atoms. The van der Waals surface area contributed by atoms with Crippen molar-refractivity contribution in [2.45, 2.75) is 6.92 Å². The normalized spacial score (nSPS) is 10.8. The van der Waals surface area contributed by atoms with Gasteiger partial charge in [-0.05, 0) is 52.7 Å². The van der Waals surface area contributed by atoms with Crippen LogP contribution in [0.2, 0.25) is 0 Å². The lowest BCUT2D eigenvalue weighted by atomic mass is 10.2. The SMILES string of the molecule is CCOc1cc(C=NNc2nc(N)cs2)cc(Br)c1OC(=O)c1ccccc1. The van der Waals surface area contributed by atoms with E-state index in [0.29, 0.717) is 39.1 Å². The molecule has 0 saturated heterocycles. The highest BCUT2D eigenvalue weighted by atomic mass is 79.9. The lowest BCUT2D eigenvalue weighted by molar-refractivity contribution is 0.0727. The summed E-state index contributed by atoms with van der Waals surface area (Å²) in [7, 11) is 0. The number of ether oxygens (including phenoxy) is 2. The second kappa shape index (κ2) is 9.34. The van der Waals surface area contributed by atoms with E-state index in [9.17, 15) is 4.79 Å². The molecular weight excluding hydrogens is 444 g/mol. The lowest BCUT2D eigenvalue weighted by Crippen LogP contribution is -2.10. The number of hydrogen-bond donors (Lipinski definition) is 2. The van der Waals surface area contributed by atoms with Crippen LogP contribution in [0, 0.1) is 0 Å². The number of benzene rings is 2. The van der Waals surface area contributed by atoms with Crippen molar-refractivity contribution in [2.75, 3.05) is 17.8 Å². The Morgan fingerprint density at radius 3 is 2.82 bits per heavy atom. The monoisotopic (exact) mass is 460 g/mol. The summed E-state index contributed by atoms with van der Waals surface area (Å²) in [6, 6.07) is 12.3. The van der Waals surface area contributed by atoms with Gasteiger partial charge in [0.15, 0.2) is 11.5 Å². The Morgan fingerprint density at radius 2 is 2.14 bits per heavy atom. The number of hydrogen-bond acceptors (Lipinski definition) is 8. The number of nitrogen functional groups attached to an aromatic ring is 1. The predicted molar refractivity (Wildman–Crippen MR) is 114 cm³/mol. The third kappa shape index (κ3) is 5.08. The molecule has 3 N–H and O–H groups in total. The standard InChI is InChI=1S/C19H17BrN4O3S/c1-2-26-15-9-12(10-22-24-19-23-16(21)11-28-19)8-14(20)17(15)27-18(25)13-6-4-3-5-7-13/h3-11H,2,21H2,1H3,(H,23,24). The van der Waals surface area contributed by atoms with E-state index in [4.69, 9.17) is 15.2 Å². The minimum absolute atomic E-state index is 0.313. The van der Waals surface area contributed by atoms with E-state index in [0.717, 1.165) is 5.56 Å². The second-order valence-corrected chi connectivity index (χ2v) is 7.18. The van der Waals surface area contributed by atoms with E-state index >= 15 is 0 Å². The first-order valence-electron chi connectivity index (χ1n) is 8.30. The summed E-state index contributed by atoms with van der Waals surface area (Å²) in [5.74, 6) is 0.718. The number of carbonyl (C=O) groups excluding carboxylic acids is 1. The summed E-state index contributed by atoms with van der Waals surface area (Å²) in [6.45, 7) is 2.27. The molecule has 1 heterocycles. The number of nitrogens with zero attached hydrogens (tertiary/aromatic N) is 2. The molecule has 0 radical (unpaired) electrons. The maximum absolute atomic E-state index is 12.4. The number of esters is 1. The highest BCUT2D eigenvalue weighted by Gasteiger charge is 2.17. The Kier molecular flexibility index (Phi) is 6.62. The zero-order valence-electron chi connectivity index (χ0n) is 14.9. The van der Waals surface area contributed by atoms with Crippen molar-refractivity contribution >= 4 is 50.4 Å². The van der Waals surface area contributed by atoms with Gasteiger partial charge in [-0.3, -0.25) is 5.43 Å². The zero-order chi connectivity index (χ0) is 19.9. The molecule has 144 valence electrons. The fourth-order valence-electron chi connectivity index (χ4n) is 2.25. The molecule has 1 aromatic heterocycles. The van der Waals surface area contributed by atoms with Crippen molar-refractivity contribution in [2.24, 2.45) is 5.10 Å². The van der Waals surface area contributed by atoms with E-state index in [1.54, 1.807) is 48.0 Å². The number of aromatic nitrogens is 1. The van der Waals surface area contributed by atoms with Crippen LogP contribution in [0.3, 0.4) is 0 Å². The van der Waals surface area contributed by atoms with E-state index in [-0.39, 0.29) is 0 Å². The van der Waals surface area contributed by atoms with Crippen molar-refractivity contribution in [3.05, 3.63) is 63.4 Å². The molecule has 0 bridgehead atoms. The molecule has 0 aliphatic heterocycles. The van der Waals surface area contributed by atoms with Gasteiger partial charge in [0.2, 0.25) is 5.13 Å². The third-order valence-corrected chi connectivity index (χ3v) is 4.79. The Labute approximate surface area is 174 Å². The van der Waals surface area contributed by atoms with Crippen molar-refractivity contribution < 1.29 is 14.3 Å². The number of nitrogens with two attached hydrogens (primary N) is 1.